The first kappa shape index (κ1) is 26.0. The Bertz CT molecular complexity index is 1170. The quantitative estimate of drug-likeness (QED) is 0.338. The molecule has 8 heteroatoms. The van der Waals surface area contributed by atoms with E-state index in [4.69, 9.17) is 4.74 Å². The number of rotatable bonds is 4. The second-order valence-corrected chi connectivity index (χ2v) is 12.2. The van der Waals surface area contributed by atoms with Crippen molar-refractivity contribution in [2.75, 3.05) is 20.2 Å². The van der Waals surface area contributed by atoms with Crippen molar-refractivity contribution in [2.45, 2.75) is 63.8 Å². The van der Waals surface area contributed by atoms with Gasteiger partial charge in [-0.3, -0.25) is 9.59 Å². The van der Waals surface area contributed by atoms with Gasteiger partial charge in [-0.05, 0) is 61.9 Å². The van der Waals surface area contributed by atoms with Crippen LogP contribution in [-0.2, 0) is 19.1 Å². The summed E-state index contributed by atoms with van der Waals surface area (Å²) in [5, 5.41) is 23.4. The summed E-state index contributed by atoms with van der Waals surface area (Å²) in [5.41, 5.74) is -5.08. The number of halogens is 1. The second kappa shape index (κ2) is 8.46. The SMILES string of the molecule is C[C@@H]1CC2C3CC=C4CC(=O)C=CC4(C)[C@@]3(F)C(O)CC2(C)[C@@]1(O)C(=O)C(=O)OCC1=CC=CN(C)C1. The Hall–Kier alpha value is -2.58. The van der Waals surface area contributed by atoms with Crippen LogP contribution in [0.2, 0.25) is 0 Å². The van der Waals surface area contributed by atoms with Crippen LogP contribution in [0.15, 0.2) is 47.7 Å². The lowest BCUT2D eigenvalue weighted by molar-refractivity contribution is -0.215. The lowest BCUT2D eigenvalue weighted by Gasteiger charge is -2.61. The molecule has 0 saturated heterocycles. The molecule has 200 valence electrons. The van der Waals surface area contributed by atoms with E-state index in [0.29, 0.717) is 18.5 Å². The molecule has 2 saturated carbocycles. The van der Waals surface area contributed by atoms with E-state index in [-0.39, 0.29) is 31.7 Å². The van der Waals surface area contributed by atoms with Crippen molar-refractivity contribution >= 4 is 17.5 Å². The summed E-state index contributed by atoms with van der Waals surface area (Å²) in [7, 11) is 1.88. The number of alkyl halides is 1. The van der Waals surface area contributed by atoms with Gasteiger partial charge in [0.1, 0.15) is 12.2 Å². The second-order valence-electron chi connectivity index (χ2n) is 12.2. The highest BCUT2D eigenvalue weighted by molar-refractivity contribution is 6.37. The predicted molar refractivity (Wildman–Crippen MR) is 134 cm³/mol. The Morgan fingerprint density at radius 1 is 1.27 bits per heavy atom. The van der Waals surface area contributed by atoms with Crippen LogP contribution in [-0.4, -0.2) is 70.2 Å². The number of nitrogens with zero attached hydrogens (tertiary/aromatic N) is 1. The van der Waals surface area contributed by atoms with Gasteiger partial charge in [0.2, 0.25) is 0 Å². The molecule has 0 bridgehead atoms. The number of carbonyl (C=O) groups excluding carboxylic acids is 3. The lowest BCUT2D eigenvalue weighted by Crippen LogP contribution is -2.69. The fourth-order valence-electron chi connectivity index (χ4n) is 8.16. The molecule has 0 aromatic heterocycles. The molecule has 5 rings (SSSR count). The molecule has 5 unspecified atom stereocenters. The van der Waals surface area contributed by atoms with Crippen LogP contribution in [0.4, 0.5) is 4.39 Å². The zero-order valence-corrected chi connectivity index (χ0v) is 21.9. The minimum absolute atomic E-state index is 0.0698. The van der Waals surface area contributed by atoms with E-state index < -0.39 is 57.7 Å². The van der Waals surface area contributed by atoms with Crippen LogP contribution in [0.25, 0.3) is 0 Å². The summed E-state index contributed by atoms with van der Waals surface area (Å²) in [4.78, 5) is 40.4. The molecule has 2 N–H and O–H groups in total. The minimum Gasteiger partial charge on any atom is -0.455 e. The summed E-state index contributed by atoms with van der Waals surface area (Å²) in [6.45, 7) is 5.61. The number of ketones is 2. The van der Waals surface area contributed by atoms with Crippen LogP contribution < -0.4 is 0 Å². The van der Waals surface area contributed by atoms with Crippen LogP contribution >= 0.6 is 0 Å². The Labute approximate surface area is 216 Å². The monoisotopic (exact) mass is 513 g/mol. The third-order valence-electron chi connectivity index (χ3n) is 10.2. The summed E-state index contributed by atoms with van der Waals surface area (Å²) >= 11 is 0. The number of aliphatic hydroxyl groups is 2. The first-order valence-corrected chi connectivity index (χ1v) is 13.1. The highest BCUT2D eigenvalue weighted by atomic mass is 19.1. The van der Waals surface area contributed by atoms with Crippen LogP contribution in [0, 0.1) is 28.6 Å². The Morgan fingerprint density at radius 2 is 2.00 bits per heavy atom. The van der Waals surface area contributed by atoms with Gasteiger partial charge in [-0.25, -0.2) is 9.18 Å². The van der Waals surface area contributed by atoms with Gasteiger partial charge in [-0.2, -0.15) is 0 Å². The Morgan fingerprint density at radius 3 is 2.70 bits per heavy atom. The fourth-order valence-corrected chi connectivity index (χ4v) is 8.16. The van der Waals surface area contributed by atoms with Crippen molar-refractivity contribution in [3.8, 4) is 0 Å². The molecule has 0 radical (unpaired) electrons. The standard InChI is InChI=1S/C29H36FNO6/c1-17-12-22-21-8-7-19-13-20(32)9-10-26(19,2)28(21,30)23(33)14-27(22,3)29(17,36)24(34)25(35)37-16-18-6-5-11-31(4)15-18/h5-7,9-11,17,21-23,33,36H,8,12-16H2,1-4H3/t17-,21?,22?,23?,26?,27?,28+,29+/m1/s1. The van der Waals surface area contributed by atoms with E-state index in [1.54, 1.807) is 26.8 Å². The Kier molecular flexibility index (Phi) is 5.96. The largest absolute Gasteiger partial charge is 0.455 e. The number of hydrogen-bond donors (Lipinski definition) is 2. The molecule has 1 heterocycles. The molecule has 1 aliphatic heterocycles. The van der Waals surface area contributed by atoms with Gasteiger partial charge in [-0.1, -0.05) is 37.6 Å². The molecule has 8 atom stereocenters. The fraction of sp³-hybridized carbons (Fsp3) is 0.621. The summed E-state index contributed by atoms with van der Waals surface area (Å²) in [6, 6.07) is 0. The van der Waals surface area contributed by atoms with Crippen molar-refractivity contribution in [3.05, 3.63) is 47.7 Å². The topological polar surface area (TPSA) is 104 Å². The van der Waals surface area contributed by atoms with E-state index >= 15 is 4.39 Å². The zero-order chi connectivity index (χ0) is 27.0. The Balaban J connectivity index is 1.44. The maximum Gasteiger partial charge on any atom is 0.378 e. The number of allylic oxidation sites excluding steroid dienone is 6. The number of carbonyl (C=O) groups is 3. The first-order valence-electron chi connectivity index (χ1n) is 13.1. The highest BCUT2D eigenvalue weighted by Gasteiger charge is 2.76. The number of aliphatic hydroxyl groups excluding tert-OH is 1. The third-order valence-corrected chi connectivity index (χ3v) is 10.2. The van der Waals surface area contributed by atoms with Gasteiger partial charge in [0.05, 0.1) is 6.10 Å². The molecule has 0 aromatic carbocycles. The molecule has 0 aromatic rings. The van der Waals surface area contributed by atoms with Gasteiger partial charge >= 0.3 is 5.97 Å². The molecule has 2 fully saturated rings. The van der Waals surface area contributed by atoms with Crippen molar-refractivity contribution in [1.29, 1.82) is 0 Å². The maximum atomic E-state index is 17.2. The maximum absolute atomic E-state index is 17.2. The molecular formula is C29H36FNO6. The smallest absolute Gasteiger partial charge is 0.378 e. The number of fused-ring (bicyclic) bond motifs is 5. The van der Waals surface area contributed by atoms with Crippen LogP contribution in [0.1, 0.15) is 46.5 Å². The van der Waals surface area contributed by atoms with Gasteiger partial charge in [0, 0.05) is 36.8 Å². The zero-order valence-electron chi connectivity index (χ0n) is 21.9. The first-order chi connectivity index (χ1) is 17.3. The van der Waals surface area contributed by atoms with Crippen molar-refractivity contribution < 1.29 is 33.7 Å². The van der Waals surface area contributed by atoms with Gasteiger partial charge in [0.25, 0.3) is 5.78 Å². The van der Waals surface area contributed by atoms with E-state index in [1.807, 2.05) is 36.4 Å². The normalized spacial score (nSPS) is 44.4. The minimum atomic E-state index is -2.10. The lowest BCUT2D eigenvalue weighted by atomic mass is 9.45. The van der Waals surface area contributed by atoms with Crippen molar-refractivity contribution in [1.82, 2.24) is 4.90 Å². The van der Waals surface area contributed by atoms with Crippen molar-refractivity contribution in [2.24, 2.45) is 28.6 Å². The molecule has 37 heavy (non-hydrogen) atoms. The summed E-state index contributed by atoms with van der Waals surface area (Å²) in [5.74, 6) is -4.04. The third kappa shape index (κ3) is 3.41. The van der Waals surface area contributed by atoms with Gasteiger partial charge in [0.15, 0.2) is 11.5 Å². The average Bonchev–Trinajstić information content (AvgIpc) is 3.05. The van der Waals surface area contributed by atoms with E-state index in [1.165, 1.54) is 6.08 Å². The molecule has 0 spiro atoms. The van der Waals surface area contributed by atoms with Crippen LogP contribution in [0.5, 0.6) is 0 Å². The molecule has 7 nitrogen and oxygen atoms in total. The van der Waals surface area contributed by atoms with E-state index in [0.717, 1.165) is 5.57 Å². The number of Topliss-reactive ketones (excluding diaryl/α,β-unsaturated/α-hetero) is 1. The summed E-state index contributed by atoms with van der Waals surface area (Å²) < 4.78 is 22.6. The molecule has 5 aliphatic rings. The average molecular weight is 514 g/mol. The molecule has 0 amide bonds. The van der Waals surface area contributed by atoms with Crippen molar-refractivity contribution in [3.63, 3.8) is 0 Å². The number of esters is 1. The van der Waals surface area contributed by atoms with Gasteiger partial charge in [-0.15, -0.1) is 0 Å². The number of likely N-dealkylation sites (N-methyl/N-ethyl adjacent to an activating group) is 1. The molecule has 4 aliphatic carbocycles. The predicted octanol–water partition coefficient (Wildman–Crippen LogP) is 2.83. The van der Waals surface area contributed by atoms with Gasteiger partial charge < -0.3 is 19.8 Å². The van der Waals surface area contributed by atoms with Crippen LogP contribution in [0.3, 0.4) is 0 Å². The molecular weight excluding hydrogens is 477 g/mol. The number of ether oxygens (including phenoxy) is 1. The summed E-state index contributed by atoms with van der Waals surface area (Å²) in [6.07, 6.45) is 9.43. The van der Waals surface area contributed by atoms with E-state index in [2.05, 4.69) is 0 Å². The van der Waals surface area contributed by atoms with E-state index in [9.17, 15) is 24.6 Å². The number of hydrogen-bond acceptors (Lipinski definition) is 7. The highest BCUT2D eigenvalue weighted by Crippen LogP contribution is 2.70.